The minimum atomic E-state index is -0.201. The molecule has 3 N–H and O–H groups in total. The van der Waals surface area contributed by atoms with E-state index < -0.39 is 0 Å². The maximum absolute atomic E-state index is 10.3. The lowest BCUT2D eigenvalue weighted by Crippen LogP contribution is -2.41. The highest BCUT2D eigenvalue weighted by Crippen LogP contribution is 2.31. The summed E-state index contributed by atoms with van der Waals surface area (Å²) >= 11 is 0. The van der Waals surface area contributed by atoms with Gasteiger partial charge in [0.05, 0.1) is 6.10 Å². The van der Waals surface area contributed by atoms with E-state index in [0.29, 0.717) is 5.75 Å². The maximum Gasteiger partial charge on any atom is 0.122 e. The van der Waals surface area contributed by atoms with Crippen molar-refractivity contribution >= 4 is 5.69 Å². The highest BCUT2D eigenvalue weighted by molar-refractivity contribution is 5.54. The van der Waals surface area contributed by atoms with Crippen LogP contribution in [0, 0.1) is 5.92 Å². The number of benzene rings is 1. The average Bonchev–Trinajstić information content (AvgIpc) is 2.47. The van der Waals surface area contributed by atoms with Crippen molar-refractivity contribution < 1.29 is 10.2 Å². The molecule has 3 unspecified atom stereocenters. The van der Waals surface area contributed by atoms with Gasteiger partial charge in [-0.1, -0.05) is 19.9 Å². The fourth-order valence-electron chi connectivity index (χ4n) is 2.93. The van der Waals surface area contributed by atoms with Crippen LogP contribution in [0.4, 0.5) is 5.69 Å². The third-order valence-corrected chi connectivity index (χ3v) is 4.41. The number of nitrogens with one attached hydrogen (secondary N) is 1. The van der Waals surface area contributed by atoms with Gasteiger partial charge in [0, 0.05) is 36.4 Å². The Morgan fingerprint density at radius 2 is 2.19 bits per heavy atom. The van der Waals surface area contributed by atoms with Crippen LogP contribution in [0.5, 0.6) is 5.75 Å². The molecule has 1 aliphatic rings. The van der Waals surface area contributed by atoms with Gasteiger partial charge in [-0.15, -0.1) is 0 Å². The second kappa shape index (κ2) is 7.14. The van der Waals surface area contributed by atoms with Crippen molar-refractivity contribution in [2.24, 2.45) is 5.92 Å². The van der Waals surface area contributed by atoms with Crippen molar-refractivity contribution in [3.8, 4) is 5.75 Å². The summed E-state index contributed by atoms with van der Waals surface area (Å²) in [7, 11) is 0. The molecule has 21 heavy (non-hydrogen) atoms. The third-order valence-electron chi connectivity index (χ3n) is 4.41. The highest BCUT2D eigenvalue weighted by Gasteiger charge is 2.24. The number of aliphatic hydroxyl groups is 1. The standard InChI is InChI=1S/C17H28N2O2/c1-4-8-18-13(3)15-6-5-14(10-17(15)21)19-9-7-16(20)12(2)11-19/h5-6,10,12-13,16,18,20-21H,4,7-9,11H2,1-3H3. The number of phenolic OH excluding ortho intramolecular Hbond substituents is 1. The topological polar surface area (TPSA) is 55.7 Å². The summed E-state index contributed by atoms with van der Waals surface area (Å²) in [6.07, 6.45) is 1.67. The van der Waals surface area contributed by atoms with Gasteiger partial charge in [-0.25, -0.2) is 0 Å². The van der Waals surface area contributed by atoms with Gasteiger partial charge in [-0.2, -0.15) is 0 Å². The highest BCUT2D eigenvalue weighted by atomic mass is 16.3. The molecular weight excluding hydrogens is 264 g/mol. The van der Waals surface area contributed by atoms with Crippen molar-refractivity contribution in [2.75, 3.05) is 24.5 Å². The molecule has 0 bridgehead atoms. The summed E-state index contributed by atoms with van der Waals surface area (Å²) in [4.78, 5) is 2.24. The molecule has 0 radical (unpaired) electrons. The van der Waals surface area contributed by atoms with Crippen LogP contribution < -0.4 is 10.2 Å². The Labute approximate surface area is 127 Å². The zero-order chi connectivity index (χ0) is 15.4. The summed E-state index contributed by atoms with van der Waals surface area (Å²) in [5, 5.41) is 23.5. The van der Waals surface area contributed by atoms with Crippen molar-refractivity contribution in [1.29, 1.82) is 0 Å². The Balaban J connectivity index is 2.08. The molecule has 1 aliphatic heterocycles. The van der Waals surface area contributed by atoms with E-state index >= 15 is 0 Å². The van der Waals surface area contributed by atoms with Gasteiger partial charge < -0.3 is 20.4 Å². The summed E-state index contributed by atoms with van der Waals surface area (Å²) in [5.41, 5.74) is 1.98. The number of hydrogen-bond donors (Lipinski definition) is 3. The van der Waals surface area contributed by atoms with Gasteiger partial charge in [0.1, 0.15) is 5.75 Å². The molecule has 0 saturated carbocycles. The lowest BCUT2D eigenvalue weighted by Gasteiger charge is -2.36. The SMILES string of the molecule is CCCNC(C)c1ccc(N2CCC(O)C(C)C2)cc1O. The van der Waals surface area contributed by atoms with E-state index in [1.165, 1.54) is 0 Å². The second-order valence-electron chi connectivity index (χ2n) is 6.20. The monoisotopic (exact) mass is 292 g/mol. The Bertz CT molecular complexity index is 464. The first-order valence-corrected chi connectivity index (χ1v) is 8.02. The van der Waals surface area contributed by atoms with Gasteiger partial charge in [-0.3, -0.25) is 0 Å². The molecule has 1 aromatic rings. The molecule has 0 spiro atoms. The molecule has 1 aromatic carbocycles. The molecule has 4 nitrogen and oxygen atoms in total. The molecule has 0 aliphatic carbocycles. The normalized spacial score (nSPS) is 24.1. The minimum Gasteiger partial charge on any atom is -0.508 e. The third kappa shape index (κ3) is 3.89. The Hall–Kier alpha value is -1.26. The molecular formula is C17H28N2O2. The van der Waals surface area contributed by atoms with Gasteiger partial charge in [0.2, 0.25) is 0 Å². The summed E-state index contributed by atoms with van der Waals surface area (Å²) in [6, 6.07) is 6.09. The first kappa shape index (κ1) is 16.1. The smallest absolute Gasteiger partial charge is 0.122 e. The van der Waals surface area contributed by atoms with Crippen LogP contribution >= 0.6 is 0 Å². The van der Waals surface area contributed by atoms with Crippen LogP contribution in [0.25, 0.3) is 0 Å². The average molecular weight is 292 g/mol. The maximum atomic E-state index is 10.3. The summed E-state index contributed by atoms with van der Waals surface area (Å²) in [6.45, 7) is 8.90. The van der Waals surface area contributed by atoms with Crippen LogP contribution in [0.15, 0.2) is 18.2 Å². The van der Waals surface area contributed by atoms with E-state index in [-0.39, 0.29) is 18.1 Å². The lowest BCUT2D eigenvalue weighted by atomic mass is 9.96. The van der Waals surface area contributed by atoms with Gasteiger partial charge >= 0.3 is 0 Å². The molecule has 0 aromatic heterocycles. The zero-order valence-electron chi connectivity index (χ0n) is 13.3. The molecule has 1 fully saturated rings. The van der Waals surface area contributed by atoms with Crippen LogP contribution in [0.2, 0.25) is 0 Å². The zero-order valence-corrected chi connectivity index (χ0v) is 13.3. The van der Waals surface area contributed by atoms with Crippen molar-refractivity contribution in [2.45, 2.75) is 45.8 Å². The van der Waals surface area contributed by atoms with Gasteiger partial charge in [0.25, 0.3) is 0 Å². The number of aliphatic hydroxyl groups excluding tert-OH is 1. The summed E-state index contributed by atoms with van der Waals surface area (Å²) < 4.78 is 0. The molecule has 1 heterocycles. The molecule has 118 valence electrons. The Morgan fingerprint density at radius 3 is 2.81 bits per heavy atom. The van der Waals surface area contributed by atoms with E-state index in [1.54, 1.807) is 0 Å². The molecule has 4 heteroatoms. The van der Waals surface area contributed by atoms with Gasteiger partial charge in [0.15, 0.2) is 0 Å². The largest absolute Gasteiger partial charge is 0.508 e. The number of rotatable bonds is 5. The number of anilines is 1. The number of hydrogen-bond acceptors (Lipinski definition) is 4. The van der Waals surface area contributed by atoms with Crippen LogP contribution in [0.1, 0.15) is 45.2 Å². The van der Waals surface area contributed by atoms with Crippen LogP contribution in [-0.2, 0) is 0 Å². The van der Waals surface area contributed by atoms with E-state index in [4.69, 9.17) is 0 Å². The fraction of sp³-hybridized carbons (Fsp3) is 0.647. The predicted octanol–water partition coefficient (Wildman–Crippen LogP) is 2.66. The quantitative estimate of drug-likeness (QED) is 0.781. The molecule has 3 atom stereocenters. The molecule has 2 rings (SSSR count). The Morgan fingerprint density at radius 1 is 1.43 bits per heavy atom. The number of nitrogens with zero attached hydrogens (tertiary/aromatic N) is 1. The van der Waals surface area contributed by atoms with Crippen LogP contribution in [-0.4, -0.2) is 36.0 Å². The van der Waals surface area contributed by atoms with Crippen LogP contribution in [0.3, 0.4) is 0 Å². The van der Waals surface area contributed by atoms with Gasteiger partial charge in [-0.05, 0) is 38.3 Å². The summed E-state index contributed by atoms with van der Waals surface area (Å²) in [5.74, 6) is 0.619. The van der Waals surface area contributed by atoms with Crippen molar-refractivity contribution in [1.82, 2.24) is 5.32 Å². The number of piperidine rings is 1. The van der Waals surface area contributed by atoms with E-state index in [9.17, 15) is 10.2 Å². The molecule has 1 saturated heterocycles. The predicted molar refractivity (Wildman–Crippen MR) is 86.8 cm³/mol. The first-order chi connectivity index (χ1) is 10.0. The number of phenols is 1. The second-order valence-corrected chi connectivity index (χ2v) is 6.20. The number of aromatic hydroxyl groups is 1. The Kier molecular flexibility index (Phi) is 5.48. The fourth-order valence-corrected chi connectivity index (χ4v) is 2.93. The first-order valence-electron chi connectivity index (χ1n) is 8.02. The van der Waals surface area contributed by atoms with E-state index in [2.05, 4.69) is 37.1 Å². The minimum absolute atomic E-state index is 0.154. The van der Waals surface area contributed by atoms with Crippen molar-refractivity contribution in [3.63, 3.8) is 0 Å². The molecule has 0 amide bonds. The van der Waals surface area contributed by atoms with E-state index in [1.807, 2.05) is 12.1 Å². The van der Waals surface area contributed by atoms with Crippen molar-refractivity contribution in [3.05, 3.63) is 23.8 Å². The van der Waals surface area contributed by atoms with E-state index in [0.717, 1.165) is 43.7 Å². The lowest BCUT2D eigenvalue weighted by molar-refractivity contribution is 0.0971.